The zero-order valence-electron chi connectivity index (χ0n) is 34.6. The molecular formula is C60H37N3Se. The van der Waals surface area contributed by atoms with E-state index in [1.54, 1.807) is 0 Å². The molecule has 4 heterocycles. The van der Waals surface area contributed by atoms with Crippen molar-refractivity contribution in [1.29, 1.82) is 0 Å². The average molecular weight is 879 g/mol. The first-order valence-corrected chi connectivity index (χ1v) is 23.6. The summed E-state index contributed by atoms with van der Waals surface area (Å²) in [6.45, 7) is 0. The zero-order chi connectivity index (χ0) is 41.9. The first-order valence-electron chi connectivity index (χ1n) is 21.9. The van der Waals surface area contributed by atoms with E-state index in [1.165, 1.54) is 113 Å². The van der Waals surface area contributed by atoms with Crippen molar-refractivity contribution in [3.8, 4) is 39.3 Å². The standard InChI is InChI=1S/C60H37N3Se/c1-2-13-38(14-3-1)39-25-27-40(28-26-39)41-29-32-49-59(35-41)64-58-24-12-23-56(60(49)58)63-54-22-11-6-17-46(54)48-33-30-43(37-57(48)63)62-53-21-10-7-18-47(53)50-36-42(31-34-55(50)62)61-51-19-8-4-15-44(51)45-16-5-9-20-52(45)61/h1-37H. The fourth-order valence-corrected chi connectivity index (χ4v) is 13.0. The SMILES string of the molecule is c1ccc(-c2ccc(-c3ccc4c(c3)[se]c3cccc(-n5c6ccccc6c6ccc(-n7c8ccccc8c8cc(-n9c%10ccccc%10c%10ccccc%109)ccc87)cc65)c34)cc2)cc1. The maximum atomic E-state index is 2.53. The molecule has 10 aromatic carbocycles. The van der Waals surface area contributed by atoms with Gasteiger partial charge in [0, 0.05) is 10.8 Å². The molecule has 0 unspecified atom stereocenters. The third-order valence-electron chi connectivity index (χ3n) is 13.5. The van der Waals surface area contributed by atoms with Gasteiger partial charge in [-0.2, -0.15) is 0 Å². The van der Waals surface area contributed by atoms with Gasteiger partial charge < -0.3 is 4.57 Å². The Labute approximate surface area is 374 Å². The molecule has 0 aliphatic rings. The Morgan fingerprint density at radius 1 is 0.250 bits per heavy atom. The number of hydrogen-bond acceptors (Lipinski definition) is 0. The second kappa shape index (κ2) is 13.8. The molecule has 0 atom stereocenters. The molecule has 0 saturated carbocycles. The zero-order valence-corrected chi connectivity index (χ0v) is 36.3. The van der Waals surface area contributed by atoms with Gasteiger partial charge >= 0.3 is 302 Å². The summed E-state index contributed by atoms with van der Waals surface area (Å²) in [5.41, 5.74) is 15.8. The van der Waals surface area contributed by atoms with Crippen molar-refractivity contribution in [3.63, 3.8) is 0 Å². The monoisotopic (exact) mass is 879 g/mol. The Bertz CT molecular complexity index is 4130. The van der Waals surface area contributed by atoms with Crippen LogP contribution in [0.3, 0.4) is 0 Å². The molecule has 0 amide bonds. The van der Waals surface area contributed by atoms with Crippen LogP contribution in [0.2, 0.25) is 0 Å². The molecule has 14 aromatic rings. The molecule has 4 heteroatoms. The summed E-state index contributed by atoms with van der Waals surface area (Å²) >= 11 is 0.186. The second-order valence-corrected chi connectivity index (χ2v) is 19.2. The molecule has 0 spiro atoms. The van der Waals surface area contributed by atoms with Gasteiger partial charge in [-0.1, -0.05) is 36.4 Å². The van der Waals surface area contributed by atoms with Gasteiger partial charge in [-0.05, 0) is 12.1 Å². The molecule has 0 fully saturated rings. The Kier molecular flexibility index (Phi) is 7.70. The van der Waals surface area contributed by atoms with E-state index >= 15 is 0 Å². The van der Waals surface area contributed by atoms with E-state index in [2.05, 4.69) is 238 Å². The Hall–Kier alpha value is -7.88. The van der Waals surface area contributed by atoms with Crippen LogP contribution in [0.4, 0.5) is 0 Å². The number of aromatic nitrogens is 3. The quantitative estimate of drug-likeness (QED) is 0.153. The number of fused-ring (bicyclic) bond motifs is 12. The average Bonchev–Trinajstić information content (AvgIpc) is 4.10. The Morgan fingerprint density at radius 2 is 0.719 bits per heavy atom. The van der Waals surface area contributed by atoms with E-state index in [0.29, 0.717) is 0 Å². The summed E-state index contributed by atoms with van der Waals surface area (Å²) in [5.74, 6) is 0. The molecule has 64 heavy (non-hydrogen) atoms. The van der Waals surface area contributed by atoms with E-state index in [1.807, 2.05) is 0 Å². The second-order valence-electron chi connectivity index (χ2n) is 16.9. The summed E-state index contributed by atoms with van der Waals surface area (Å²) in [5, 5.41) is 10.2. The third kappa shape index (κ3) is 5.22. The molecule has 4 aromatic heterocycles. The van der Waals surface area contributed by atoms with Crippen molar-refractivity contribution in [2.45, 2.75) is 0 Å². The van der Waals surface area contributed by atoms with E-state index in [9.17, 15) is 0 Å². The summed E-state index contributed by atoms with van der Waals surface area (Å²) in [6, 6.07) is 83.1. The first-order chi connectivity index (χ1) is 31.7. The van der Waals surface area contributed by atoms with Gasteiger partial charge in [0.2, 0.25) is 0 Å². The van der Waals surface area contributed by atoms with Crippen molar-refractivity contribution in [2.24, 2.45) is 0 Å². The molecule has 0 aliphatic heterocycles. The molecule has 3 nitrogen and oxygen atoms in total. The van der Waals surface area contributed by atoms with Gasteiger partial charge in [0.15, 0.2) is 0 Å². The fourth-order valence-electron chi connectivity index (χ4n) is 10.6. The minimum atomic E-state index is 0.186. The van der Waals surface area contributed by atoms with E-state index < -0.39 is 0 Å². The molecular weight excluding hydrogens is 842 g/mol. The van der Waals surface area contributed by atoms with Gasteiger partial charge in [0.05, 0.1) is 11.0 Å². The van der Waals surface area contributed by atoms with Gasteiger partial charge in [-0.25, -0.2) is 0 Å². The molecule has 14 rings (SSSR count). The van der Waals surface area contributed by atoms with Crippen molar-refractivity contribution >= 4 is 99.2 Å². The van der Waals surface area contributed by atoms with Crippen molar-refractivity contribution < 1.29 is 0 Å². The maximum absolute atomic E-state index is 2.53. The summed E-state index contributed by atoms with van der Waals surface area (Å²) in [4.78, 5) is 0. The van der Waals surface area contributed by atoms with E-state index in [0.717, 1.165) is 11.4 Å². The predicted molar refractivity (Wildman–Crippen MR) is 272 cm³/mol. The van der Waals surface area contributed by atoms with Crippen LogP contribution in [0.25, 0.3) is 124 Å². The molecule has 0 N–H and O–H groups in total. The van der Waals surface area contributed by atoms with Gasteiger partial charge in [-0.3, -0.25) is 0 Å². The molecule has 298 valence electrons. The summed E-state index contributed by atoms with van der Waals surface area (Å²) in [7, 11) is 0. The van der Waals surface area contributed by atoms with Crippen LogP contribution in [0.5, 0.6) is 0 Å². The Balaban J connectivity index is 0.944. The normalized spacial score (nSPS) is 12.1. The molecule has 0 saturated heterocycles. The van der Waals surface area contributed by atoms with Gasteiger partial charge in [0.25, 0.3) is 0 Å². The van der Waals surface area contributed by atoms with Gasteiger partial charge in [0.1, 0.15) is 0 Å². The summed E-state index contributed by atoms with van der Waals surface area (Å²) in [6.07, 6.45) is 0. The van der Waals surface area contributed by atoms with Crippen molar-refractivity contribution in [1.82, 2.24) is 13.7 Å². The van der Waals surface area contributed by atoms with Crippen LogP contribution in [0.15, 0.2) is 224 Å². The number of rotatable bonds is 5. The minimum absolute atomic E-state index is 0.186. The van der Waals surface area contributed by atoms with Crippen LogP contribution in [0.1, 0.15) is 0 Å². The van der Waals surface area contributed by atoms with Crippen LogP contribution >= 0.6 is 0 Å². The number of hydrogen-bond donors (Lipinski definition) is 0. The van der Waals surface area contributed by atoms with E-state index in [-0.39, 0.29) is 14.5 Å². The number of benzene rings is 10. The predicted octanol–water partition coefficient (Wildman–Crippen LogP) is 15.7. The molecule has 0 aliphatic carbocycles. The van der Waals surface area contributed by atoms with Crippen molar-refractivity contribution in [3.05, 3.63) is 224 Å². The number of para-hydroxylation sites is 4. The Morgan fingerprint density at radius 3 is 1.38 bits per heavy atom. The van der Waals surface area contributed by atoms with Gasteiger partial charge in [-0.15, -0.1) is 0 Å². The van der Waals surface area contributed by atoms with Crippen LogP contribution in [-0.2, 0) is 0 Å². The third-order valence-corrected chi connectivity index (χ3v) is 15.8. The molecule has 0 radical (unpaired) electrons. The topological polar surface area (TPSA) is 14.8 Å². The molecule has 0 bridgehead atoms. The first kappa shape index (κ1) is 35.7. The number of nitrogens with zero attached hydrogens (tertiary/aromatic N) is 3. The van der Waals surface area contributed by atoms with E-state index in [4.69, 9.17) is 0 Å². The van der Waals surface area contributed by atoms with Crippen LogP contribution in [-0.4, -0.2) is 28.2 Å². The van der Waals surface area contributed by atoms with Crippen molar-refractivity contribution in [2.75, 3.05) is 0 Å². The van der Waals surface area contributed by atoms with Crippen LogP contribution in [0, 0.1) is 0 Å². The fraction of sp³-hybridized carbons (Fsp3) is 0. The van der Waals surface area contributed by atoms with Crippen LogP contribution < -0.4 is 0 Å². The summed E-state index contributed by atoms with van der Waals surface area (Å²) < 4.78 is 10.3.